The maximum atomic E-state index is 14.0. The van der Waals surface area contributed by atoms with Crippen molar-refractivity contribution in [3.63, 3.8) is 0 Å². The summed E-state index contributed by atoms with van der Waals surface area (Å²) in [6.07, 6.45) is 18.3. The van der Waals surface area contributed by atoms with Crippen LogP contribution in [0.1, 0.15) is 76.2 Å². The summed E-state index contributed by atoms with van der Waals surface area (Å²) in [5.74, 6) is 1.11. The van der Waals surface area contributed by atoms with Gasteiger partial charge < -0.3 is 4.74 Å². The van der Waals surface area contributed by atoms with Gasteiger partial charge in [0.05, 0.1) is 11.2 Å². The van der Waals surface area contributed by atoms with Crippen molar-refractivity contribution in [1.82, 2.24) is 9.88 Å². The van der Waals surface area contributed by atoms with E-state index in [0.29, 0.717) is 30.8 Å². The van der Waals surface area contributed by atoms with E-state index in [0.717, 1.165) is 45.1 Å². The summed E-state index contributed by atoms with van der Waals surface area (Å²) in [5.41, 5.74) is 4.47. The molecule has 1 aromatic heterocycles. The average Bonchev–Trinajstić information content (AvgIpc) is 3.57. The van der Waals surface area contributed by atoms with Crippen LogP contribution < -0.4 is 0 Å². The highest BCUT2D eigenvalue weighted by Gasteiger charge is 2.66. The number of aromatic nitrogens is 1. The van der Waals surface area contributed by atoms with Crippen molar-refractivity contribution >= 4 is 10.8 Å². The summed E-state index contributed by atoms with van der Waals surface area (Å²) in [6.45, 7) is 4.09. The first-order valence-electron chi connectivity index (χ1n) is 14.3. The molecule has 4 fully saturated rings. The lowest BCUT2D eigenvalue weighted by atomic mass is 9.58. The van der Waals surface area contributed by atoms with Crippen molar-refractivity contribution in [2.75, 3.05) is 13.1 Å². The summed E-state index contributed by atoms with van der Waals surface area (Å²) in [7, 11) is 0. The predicted molar refractivity (Wildman–Crippen MR) is 141 cm³/mol. The number of halogens is 1. The van der Waals surface area contributed by atoms with Crippen LogP contribution in [0.3, 0.4) is 0 Å². The number of pyridine rings is 1. The summed E-state index contributed by atoms with van der Waals surface area (Å²) in [4.78, 5) is 6.81. The van der Waals surface area contributed by atoms with Crippen LogP contribution in [-0.4, -0.2) is 46.4 Å². The molecular weight excluding hydrogens is 447 g/mol. The maximum absolute atomic E-state index is 14.0. The zero-order valence-electron chi connectivity index (χ0n) is 21.4. The van der Waals surface area contributed by atoms with E-state index >= 15 is 0 Å². The van der Waals surface area contributed by atoms with Crippen LogP contribution in [0, 0.1) is 11.3 Å². The van der Waals surface area contributed by atoms with Gasteiger partial charge in [0, 0.05) is 36.9 Å². The molecule has 36 heavy (non-hydrogen) atoms. The van der Waals surface area contributed by atoms with Gasteiger partial charge in [-0.3, -0.25) is 9.88 Å². The lowest BCUT2D eigenvalue weighted by Gasteiger charge is -2.55. The first-order valence-corrected chi connectivity index (χ1v) is 14.3. The molecule has 1 unspecified atom stereocenters. The van der Waals surface area contributed by atoms with E-state index in [1.807, 2.05) is 12.4 Å². The first kappa shape index (κ1) is 22.0. The second-order valence-corrected chi connectivity index (χ2v) is 13.0. The minimum atomic E-state index is -0.642. The van der Waals surface area contributed by atoms with Crippen LogP contribution in [0.2, 0.25) is 0 Å². The highest BCUT2D eigenvalue weighted by molar-refractivity contribution is 5.82. The smallest absolute Gasteiger partial charge is 0.114 e. The molecule has 4 heteroatoms. The van der Waals surface area contributed by atoms with Crippen molar-refractivity contribution in [1.29, 1.82) is 0 Å². The van der Waals surface area contributed by atoms with Crippen molar-refractivity contribution in [2.45, 2.75) is 94.0 Å². The number of likely N-dealkylation sites (tertiary alicyclic amines) is 1. The van der Waals surface area contributed by atoms with Gasteiger partial charge in [-0.05, 0) is 109 Å². The number of benzene rings is 1. The average molecular weight is 485 g/mol. The molecule has 8 rings (SSSR count). The maximum Gasteiger partial charge on any atom is 0.114 e. The SMILES string of the molecule is C[C@]12CC=C3C=C4CC[C@@H](N5CC[C@@H](F)C5)CC45CC[C@]3(O5)[C@@H]1CC[C@@H]2c1ccc2ccncc2c1. The molecule has 2 saturated carbocycles. The fourth-order valence-electron chi connectivity index (χ4n) is 9.64. The fraction of sp³-hybridized carbons (Fsp3) is 0.594. The van der Waals surface area contributed by atoms with Crippen LogP contribution in [-0.2, 0) is 4.74 Å². The van der Waals surface area contributed by atoms with E-state index in [1.165, 1.54) is 40.3 Å². The van der Waals surface area contributed by atoms with E-state index in [9.17, 15) is 4.39 Å². The molecular formula is C32H37FN2O. The number of alkyl halides is 1. The van der Waals surface area contributed by atoms with Crippen molar-refractivity contribution in [3.8, 4) is 0 Å². The molecule has 7 atom stereocenters. The van der Waals surface area contributed by atoms with Crippen molar-refractivity contribution < 1.29 is 9.13 Å². The molecule has 2 bridgehead atoms. The van der Waals surface area contributed by atoms with E-state index in [1.54, 1.807) is 0 Å². The van der Waals surface area contributed by atoms with Gasteiger partial charge in [-0.25, -0.2) is 4.39 Å². The van der Waals surface area contributed by atoms with Gasteiger partial charge in [0.15, 0.2) is 0 Å². The molecule has 188 valence electrons. The summed E-state index contributed by atoms with van der Waals surface area (Å²) in [5, 5.41) is 2.52. The van der Waals surface area contributed by atoms with Crippen LogP contribution in [0.5, 0.6) is 0 Å². The van der Waals surface area contributed by atoms with Crippen molar-refractivity contribution in [3.05, 3.63) is 65.5 Å². The second-order valence-electron chi connectivity index (χ2n) is 13.0. The minimum absolute atomic E-state index is 0.111. The van der Waals surface area contributed by atoms with Crippen molar-refractivity contribution in [2.24, 2.45) is 11.3 Å². The number of hydrogen-bond donors (Lipinski definition) is 0. The minimum Gasteiger partial charge on any atom is -0.359 e. The van der Waals surface area contributed by atoms with Gasteiger partial charge in [-0.1, -0.05) is 31.2 Å². The molecule has 6 aliphatic rings. The van der Waals surface area contributed by atoms with E-state index in [2.05, 4.69) is 53.2 Å². The third kappa shape index (κ3) is 2.89. The van der Waals surface area contributed by atoms with Gasteiger partial charge in [0.2, 0.25) is 0 Å². The normalized spacial score (nSPS) is 43.6. The third-order valence-corrected chi connectivity index (χ3v) is 11.4. The number of nitrogens with zero attached hydrogens (tertiary/aromatic N) is 2. The quantitative estimate of drug-likeness (QED) is 0.464. The Labute approximate surface area is 213 Å². The number of ether oxygens (including phenoxy) is 1. The Morgan fingerprint density at radius 1 is 1.08 bits per heavy atom. The largest absolute Gasteiger partial charge is 0.359 e. The number of hydrogen-bond acceptors (Lipinski definition) is 3. The molecule has 1 aromatic carbocycles. The molecule has 0 amide bonds. The Kier molecular flexibility index (Phi) is 4.59. The Bertz CT molecular complexity index is 1300. The van der Waals surface area contributed by atoms with Gasteiger partial charge in [0.1, 0.15) is 6.17 Å². The van der Waals surface area contributed by atoms with Crippen LogP contribution in [0.4, 0.5) is 4.39 Å². The monoisotopic (exact) mass is 484 g/mol. The summed E-state index contributed by atoms with van der Waals surface area (Å²) >= 11 is 0. The number of fused-ring (bicyclic) bond motifs is 2. The zero-order valence-corrected chi connectivity index (χ0v) is 21.4. The highest BCUT2D eigenvalue weighted by Crippen LogP contribution is 2.69. The van der Waals surface area contributed by atoms with Gasteiger partial charge >= 0.3 is 0 Å². The number of allylic oxidation sites excluding steroid dienone is 1. The Balaban J connectivity index is 1.14. The first-order chi connectivity index (χ1) is 17.5. The molecule has 0 radical (unpaired) electrons. The highest BCUT2D eigenvalue weighted by atomic mass is 19.1. The lowest BCUT2D eigenvalue weighted by molar-refractivity contribution is -0.140. The molecule has 2 aromatic rings. The molecule has 0 N–H and O–H groups in total. The van der Waals surface area contributed by atoms with E-state index in [4.69, 9.17) is 4.74 Å². The van der Waals surface area contributed by atoms with E-state index in [-0.39, 0.29) is 16.6 Å². The van der Waals surface area contributed by atoms with Gasteiger partial charge in [-0.2, -0.15) is 0 Å². The standard InChI is InChI=1S/C32H37FN2O/c1-30-11-8-25-17-24-4-5-27(35-15-10-26(33)20-35)18-31(24)12-13-32(25,36-31)29(30)7-6-28(30)22-3-2-21-9-14-34-19-23(21)16-22/h2-3,8-9,14,16-17,19,26-29H,4-7,10-13,15,18,20H2,1H3/t26-,27-,28-,29-,30-,31?,32-/m1/s1. The molecule has 2 spiro atoms. The molecule has 3 nitrogen and oxygen atoms in total. The third-order valence-electron chi connectivity index (χ3n) is 11.4. The molecule has 3 aliphatic heterocycles. The molecule has 2 saturated heterocycles. The molecule has 4 heterocycles. The Morgan fingerprint density at radius 2 is 2.03 bits per heavy atom. The zero-order chi connectivity index (χ0) is 24.1. The fourth-order valence-corrected chi connectivity index (χ4v) is 9.64. The Morgan fingerprint density at radius 3 is 2.92 bits per heavy atom. The van der Waals surface area contributed by atoms with Crippen LogP contribution >= 0.6 is 0 Å². The Hall–Kier alpha value is -2.04. The topological polar surface area (TPSA) is 25.4 Å². The lowest BCUT2D eigenvalue weighted by Crippen LogP contribution is -2.55. The van der Waals surface area contributed by atoms with Crippen LogP contribution in [0.25, 0.3) is 10.8 Å². The van der Waals surface area contributed by atoms with Crippen LogP contribution in [0.15, 0.2) is 60.0 Å². The molecule has 3 aliphatic carbocycles. The predicted octanol–water partition coefficient (Wildman–Crippen LogP) is 6.89. The summed E-state index contributed by atoms with van der Waals surface area (Å²) in [6, 6.07) is 9.63. The summed E-state index contributed by atoms with van der Waals surface area (Å²) < 4.78 is 21.5. The second kappa shape index (κ2) is 7.51. The van der Waals surface area contributed by atoms with Gasteiger partial charge in [-0.15, -0.1) is 0 Å². The van der Waals surface area contributed by atoms with Gasteiger partial charge in [0.25, 0.3) is 0 Å². The number of rotatable bonds is 2. The van der Waals surface area contributed by atoms with E-state index < -0.39 is 6.17 Å².